The summed E-state index contributed by atoms with van der Waals surface area (Å²) < 4.78 is 0. The molecule has 1 amide bonds. The highest BCUT2D eigenvalue weighted by Crippen LogP contribution is 2.10. The van der Waals surface area contributed by atoms with Crippen molar-refractivity contribution in [3.05, 3.63) is 0 Å². The Kier molecular flexibility index (Phi) is 3.70. The van der Waals surface area contributed by atoms with Gasteiger partial charge in [-0.3, -0.25) is 4.79 Å². The molecule has 1 aliphatic heterocycles. The molecule has 1 aliphatic rings. The van der Waals surface area contributed by atoms with Gasteiger partial charge < -0.3 is 20.4 Å². The molecule has 0 aliphatic carbocycles. The van der Waals surface area contributed by atoms with Gasteiger partial charge in [0.1, 0.15) is 0 Å². The molecule has 0 aromatic carbocycles. The first-order valence-electron chi connectivity index (χ1n) is 5.18. The van der Waals surface area contributed by atoms with Gasteiger partial charge in [0.05, 0.1) is 18.8 Å². The van der Waals surface area contributed by atoms with Crippen LogP contribution in [0.2, 0.25) is 0 Å². The van der Waals surface area contributed by atoms with Crippen LogP contribution >= 0.6 is 0 Å². The molecule has 1 heterocycles. The van der Waals surface area contributed by atoms with Gasteiger partial charge in [-0.1, -0.05) is 0 Å². The summed E-state index contributed by atoms with van der Waals surface area (Å²) in [4.78, 5) is 13.1. The normalized spacial score (nSPS) is 27.1. The Balaban J connectivity index is 2.36. The zero-order valence-corrected chi connectivity index (χ0v) is 9.53. The number of aliphatic hydroxyl groups excluding tert-OH is 2. The number of likely N-dealkylation sites (tertiary alicyclic amines) is 1. The van der Waals surface area contributed by atoms with E-state index in [2.05, 4.69) is 5.32 Å². The fraction of sp³-hybridized carbons (Fsp3) is 0.900. The van der Waals surface area contributed by atoms with Crippen molar-refractivity contribution in [3.8, 4) is 0 Å². The summed E-state index contributed by atoms with van der Waals surface area (Å²) in [6, 6.07) is 0. The van der Waals surface area contributed by atoms with Crippen LogP contribution in [0, 0.1) is 0 Å². The minimum absolute atomic E-state index is 0.0828. The van der Waals surface area contributed by atoms with Gasteiger partial charge in [0.2, 0.25) is 5.91 Å². The summed E-state index contributed by atoms with van der Waals surface area (Å²) in [5.74, 6) is -0.0828. The maximum Gasteiger partial charge on any atom is 0.236 e. The SMILES string of the molecule is CC(C)(C)NCC(=O)N1CC(O)C(O)C1. The van der Waals surface area contributed by atoms with Crippen molar-refractivity contribution >= 4 is 5.91 Å². The third-order valence-corrected chi connectivity index (χ3v) is 2.38. The van der Waals surface area contributed by atoms with Crippen LogP contribution in [0.3, 0.4) is 0 Å². The van der Waals surface area contributed by atoms with Crippen molar-refractivity contribution in [1.82, 2.24) is 10.2 Å². The molecule has 1 fully saturated rings. The Morgan fingerprint density at radius 2 is 1.80 bits per heavy atom. The number of carbonyl (C=O) groups excluding carboxylic acids is 1. The minimum Gasteiger partial charge on any atom is -0.388 e. The standard InChI is InChI=1S/C10H20N2O3/c1-10(2,3)11-4-9(15)12-5-7(13)8(14)6-12/h7-8,11,13-14H,4-6H2,1-3H3. The average molecular weight is 216 g/mol. The van der Waals surface area contributed by atoms with Crippen molar-refractivity contribution in [2.45, 2.75) is 38.5 Å². The third-order valence-electron chi connectivity index (χ3n) is 2.38. The van der Waals surface area contributed by atoms with Crippen LogP contribution in [-0.4, -0.2) is 58.4 Å². The number of carbonyl (C=O) groups is 1. The lowest BCUT2D eigenvalue weighted by molar-refractivity contribution is -0.130. The zero-order valence-electron chi connectivity index (χ0n) is 9.53. The topological polar surface area (TPSA) is 72.8 Å². The molecule has 0 aromatic rings. The Labute approximate surface area is 90.1 Å². The van der Waals surface area contributed by atoms with E-state index in [-0.39, 0.29) is 31.1 Å². The van der Waals surface area contributed by atoms with Crippen LogP contribution in [0.15, 0.2) is 0 Å². The zero-order chi connectivity index (χ0) is 11.6. The number of aliphatic hydroxyl groups is 2. The van der Waals surface area contributed by atoms with Gasteiger partial charge in [0.15, 0.2) is 0 Å². The van der Waals surface area contributed by atoms with Crippen LogP contribution in [-0.2, 0) is 4.79 Å². The molecule has 0 spiro atoms. The van der Waals surface area contributed by atoms with Gasteiger partial charge in [-0.15, -0.1) is 0 Å². The molecule has 0 aromatic heterocycles. The Morgan fingerprint density at radius 3 is 2.20 bits per heavy atom. The molecule has 0 radical (unpaired) electrons. The fourth-order valence-corrected chi connectivity index (χ4v) is 1.43. The molecular formula is C10H20N2O3. The number of hydrogen-bond acceptors (Lipinski definition) is 4. The maximum absolute atomic E-state index is 11.6. The number of nitrogens with zero attached hydrogens (tertiary/aromatic N) is 1. The third kappa shape index (κ3) is 3.77. The summed E-state index contributed by atoms with van der Waals surface area (Å²) in [6.45, 7) is 6.64. The van der Waals surface area contributed by atoms with E-state index in [0.717, 1.165) is 0 Å². The predicted molar refractivity (Wildman–Crippen MR) is 56.3 cm³/mol. The second-order valence-corrected chi connectivity index (χ2v) is 5.04. The highest BCUT2D eigenvalue weighted by Gasteiger charge is 2.32. The Morgan fingerprint density at radius 1 is 1.33 bits per heavy atom. The van der Waals surface area contributed by atoms with Crippen LogP contribution in [0.4, 0.5) is 0 Å². The highest BCUT2D eigenvalue weighted by molar-refractivity contribution is 5.78. The summed E-state index contributed by atoms with van der Waals surface area (Å²) in [5.41, 5.74) is -0.105. The Hall–Kier alpha value is -0.650. The Bertz CT molecular complexity index is 227. The molecule has 15 heavy (non-hydrogen) atoms. The number of rotatable bonds is 2. The molecule has 5 heteroatoms. The first kappa shape index (κ1) is 12.4. The molecule has 1 rings (SSSR count). The second-order valence-electron chi connectivity index (χ2n) is 5.04. The van der Waals surface area contributed by atoms with E-state index in [4.69, 9.17) is 0 Å². The molecule has 0 saturated carbocycles. The van der Waals surface area contributed by atoms with E-state index < -0.39 is 12.2 Å². The largest absolute Gasteiger partial charge is 0.388 e. The van der Waals surface area contributed by atoms with Gasteiger partial charge in [-0.25, -0.2) is 0 Å². The summed E-state index contributed by atoms with van der Waals surface area (Å²) in [6.07, 6.45) is -1.60. The summed E-state index contributed by atoms with van der Waals surface area (Å²) in [7, 11) is 0. The van der Waals surface area contributed by atoms with Gasteiger partial charge in [-0.05, 0) is 20.8 Å². The van der Waals surface area contributed by atoms with Crippen LogP contribution in [0.5, 0.6) is 0 Å². The highest BCUT2D eigenvalue weighted by atomic mass is 16.3. The number of amides is 1. The van der Waals surface area contributed by atoms with E-state index >= 15 is 0 Å². The molecule has 0 bridgehead atoms. The van der Waals surface area contributed by atoms with E-state index in [9.17, 15) is 15.0 Å². The number of nitrogens with one attached hydrogen (secondary N) is 1. The molecule has 1 saturated heterocycles. The smallest absolute Gasteiger partial charge is 0.236 e. The average Bonchev–Trinajstić information content (AvgIpc) is 2.42. The van der Waals surface area contributed by atoms with Crippen LogP contribution < -0.4 is 5.32 Å². The second kappa shape index (κ2) is 4.47. The molecule has 3 N–H and O–H groups in total. The lowest BCUT2D eigenvalue weighted by Crippen LogP contribution is -2.44. The van der Waals surface area contributed by atoms with E-state index in [0.29, 0.717) is 0 Å². The maximum atomic E-state index is 11.6. The first-order valence-corrected chi connectivity index (χ1v) is 5.18. The molecule has 2 atom stereocenters. The molecule has 88 valence electrons. The van der Waals surface area contributed by atoms with Gasteiger partial charge >= 0.3 is 0 Å². The molecular weight excluding hydrogens is 196 g/mol. The lowest BCUT2D eigenvalue weighted by atomic mass is 10.1. The van der Waals surface area contributed by atoms with E-state index in [1.807, 2.05) is 20.8 Å². The first-order chi connectivity index (χ1) is 6.79. The van der Waals surface area contributed by atoms with Crippen molar-refractivity contribution in [2.75, 3.05) is 19.6 Å². The molecule has 2 unspecified atom stereocenters. The van der Waals surface area contributed by atoms with Crippen molar-refractivity contribution in [2.24, 2.45) is 0 Å². The van der Waals surface area contributed by atoms with Crippen molar-refractivity contribution < 1.29 is 15.0 Å². The van der Waals surface area contributed by atoms with E-state index in [1.165, 1.54) is 4.90 Å². The van der Waals surface area contributed by atoms with Gasteiger partial charge in [0.25, 0.3) is 0 Å². The van der Waals surface area contributed by atoms with E-state index in [1.54, 1.807) is 0 Å². The summed E-state index contributed by atoms with van der Waals surface area (Å²) >= 11 is 0. The lowest BCUT2D eigenvalue weighted by Gasteiger charge is -2.22. The van der Waals surface area contributed by atoms with Crippen LogP contribution in [0.25, 0.3) is 0 Å². The minimum atomic E-state index is -0.802. The summed E-state index contributed by atoms with van der Waals surface area (Å²) in [5, 5.41) is 21.6. The van der Waals surface area contributed by atoms with Crippen LogP contribution in [0.1, 0.15) is 20.8 Å². The predicted octanol–water partition coefficient (Wildman–Crippen LogP) is -1.06. The number of hydrogen-bond donors (Lipinski definition) is 3. The number of β-amino-alcohol motifs (C(OH)–C–C–N with tert-alkyl or cyclic N) is 2. The van der Waals surface area contributed by atoms with Gasteiger partial charge in [0, 0.05) is 18.6 Å². The van der Waals surface area contributed by atoms with Gasteiger partial charge in [-0.2, -0.15) is 0 Å². The fourth-order valence-electron chi connectivity index (χ4n) is 1.43. The van der Waals surface area contributed by atoms with Crippen molar-refractivity contribution in [3.63, 3.8) is 0 Å². The quantitative estimate of drug-likeness (QED) is 0.550. The monoisotopic (exact) mass is 216 g/mol. The van der Waals surface area contributed by atoms with Crippen molar-refractivity contribution in [1.29, 1.82) is 0 Å². The molecule has 5 nitrogen and oxygen atoms in total.